The SMILES string of the molecule is CCC(=O)NNC(=O)c1cn(-c2ccccc2)nc1-c1ccccc1. The quantitative estimate of drug-likeness (QED) is 0.720. The predicted molar refractivity (Wildman–Crippen MR) is 94.9 cm³/mol. The maximum Gasteiger partial charge on any atom is 0.273 e. The van der Waals surface area contributed by atoms with Crippen molar-refractivity contribution in [3.63, 3.8) is 0 Å². The number of rotatable bonds is 4. The van der Waals surface area contributed by atoms with Crippen LogP contribution >= 0.6 is 0 Å². The molecule has 3 rings (SSSR count). The summed E-state index contributed by atoms with van der Waals surface area (Å²) in [5.41, 5.74) is 7.41. The summed E-state index contributed by atoms with van der Waals surface area (Å²) < 4.78 is 1.65. The summed E-state index contributed by atoms with van der Waals surface area (Å²) >= 11 is 0. The molecule has 6 heteroatoms. The fraction of sp³-hybridized carbons (Fsp3) is 0.105. The van der Waals surface area contributed by atoms with E-state index in [4.69, 9.17) is 0 Å². The molecule has 0 aliphatic rings. The largest absolute Gasteiger partial charge is 0.273 e. The van der Waals surface area contributed by atoms with Crippen LogP contribution in [0, 0.1) is 0 Å². The van der Waals surface area contributed by atoms with Gasteiger partial charge in [-0.25, -0.2) is 4.68 Å². The van der Waals surface area contributed by atoms with E-state index in [-0.39, 0.29) is 12.3 Å². The number of para-hydroxylation sites is 1. The van der Waals surface area contributed by atoms with Crippen molar-refractivity contribution in [3.05, 3.63) is 72.4 Å². The van der Waals surface area contributed by atoms with Crippen molar-refractivity contribution >= 4 is 11.8 Å². The number of benzene rings is 2. The lowest BCUT2D eigenvalue weighted by Crippen LogP contribution is -2.41. The Morgan fingerprint density at radius 1 is 0.960 bits per heavy atom. The maximum atomic E-state index is 12.5. The Bertz CT molecular complexity index is 873. The molecular formula is C19H18N4O2. The minimum atomic E-state index is -0.414. The Balaban J connectivity index is 1.99. The smallest absolute Gasteiger partial charge is 0.273 e. The zero-order chi connectivity index (χ0) is 17.6. The van der Waals surface area contributed by atoms with Gasteiger partial charge in [-0.3, -0.25) is 20.4 Å². The molecule has 6 nitrogen and oxygen atoms in total. The zero-order valence-electron chi connectivity index (χ0n) is 13.8. The third-order valence-electron chi connectivity index (χ3n) is 3.66. The average Bonchev–Trinajstić information content (AvgIpc) is 3.12. The molecule has 3 aromatic rings. The number of hydrogen-bond acceptors (Lipinski definition) is 3. The number of nitrogens with zero attached hydrogens (tertiary/aromatic N) is 2. The van der Waals surface area contributed by atoms with Gasteiger partial charge in [0, 0.05) is 18.2 Å². The first-order chi connectivity index (χ1) is 12.2. The van der Waals surface area contributed by atoms with Crippen LogP contribution in [0.4, 0.5) is 0 Å². The van der Waals surface area contributed by atoms with Crippen LogP contribution in [0.1, 0.15) is 23.7 Å². The number of hydrazine groups is 1. The molecule has 2 amide bonds. The van der Waals surface area contributed by atoms with Crippen LogP contribution in [0.5, 0.6) is 0 Å². The predicted octanol–water partition coefficient (Wildman–Crippen LogP) is 2.71. The van der Waals surface area contributed by atoms with Gasteiger partial charge in [-0.05, 0) is 12.1 Å². The zero-order valence-corrected chi connectivity index (χ0v) is 13.8. The molecule has 0 radical (unpaired) electrons. The second-order valence-corrected chi connectivity index (χ2v) is 5.39. The average molecular weight is 334 g/mol. The lowest BCUT2D eigenvalue weighted by Gasteiger charge is -2.06. The Hall–Kier alpha value is -3.41. The number of carbonyl (C=O) groups is 2. The molecule has 0 spiro atoms. The summed E-state index contributed by atoms with van der Waals surface area (Å²) in [6, 6.07) is 19.0. The van der Waals surface area contributed by atoms with Gasteiger partial charge in [0.25, 0.3) is 5.91 Å². The molecule has 0 bridgehead atoms. The molecule has 0 fully saturated rings. The number of hydrogen-bond donors (Lipinski definition) is 2. The Kier molecular flexibility index (Phi) is 4.89. The van der Waals surface area contributed by atoms with E-state index in [2.05, 4.69) is 16.0 Å². The van der Waals surface area contributed by atoms with E-state index in [0.29, 0.717) is 11.3 Å². The van der Waals surface area contributed by atoms with E-state index in [1.54, 1.807) is 17.8 Å². The lowest BCUT2D eigenvalue weighted by atomic mass is 10.1. The molecular weight excluding hydrogens is 316 g/mol. The molecule has 1 aromatic heterocycles. The van der Waals surface area contributed by atoms with Crippen molar-refractivity contribution in [2.75, 3.05) is 0 Å². The highest BCUT2D eigenvalue weighted by atomic mass is 16.2. The van der Waals surface area contributed by atoms with E-state index < -0.39 is 5.91 Å². The van der Waals surface area contributed by atoms with E-state index in [1.165, 1.54) is 0 Å². The van der Waals surface area contributed by atoms with Gasteiger partial charge in [0.15, 0.2) is 0 Å². The van der Waals surface area contributed by atoms with Crippen LogP contribution in [0.15, 0.2) is 66.9 Å². The van der Waals surface area contributed by atoms with Gasteiger partial charge in [-0.2, -0.15) is 5.10 Å². The van der Waals surface area contributed by atoms with Crippen molar-refractivity contribution in [1.82, 2.24) is 20.6 Å². The van der Waals surface area contributed by atoms with Crippen LogP contribution in [-0.4, -0.2) is 21.6 Å². The summed E-state index contributed by atoms with van der Waals surface area (Å²) in [5.74, 6) is -0.673. The Labute approximate surface area is 145 Å². The Morgan fingerprint density at radius 2 is 1.60 bits per heavy atom. The maximum absolute atomic E-state index is 12.5. The van der Waals surface area contributed by atoms with Crippen LogP contribution in [0.2, 0.25) is 0 Å². The highest BCUT2D eigenvalue weighted by Gasteiger charge is 2.18. The molecule has 0 atom stereocenters. The minimum Gasteiger partial charge on any atom is -0.273 e. The fourth-order valence-electron chi connectivity index (χ4n) is 2.34. The summed E-state index contributed by atoms with van der Waals surface area (Å²) in [5, 5.41) is 4.56. The second kappa shape index (κ2) is 7.44. The molecule has 126 valence electrons. The highest BCUT2D eigenvalue weighted by molar-refractivity contribution is 6.00. The topological polar surface area (TPSA) is 76.0 Å². The van der Waals surface area contributed by atoms with Gasteiger partial charge in [0.1, 0.15) is 5.69 Å². The molecule has 0 aliphatic heterocycles. The van der Waals surface area contributed by atoms with Gasteiger partial charge in [-0.15, -0.1) is 0 Å². The minimum absolute atomic E-state index is 0.259. The monoisotopic (exact) mass is 334 g/mol. The first kappa shape index (κ1) is 16.4. The summed E-state index contributed by atoms with van der Waals surface area (Å²) in [4.78, 5) is 23.9. The van der Waals surface area contributed by atoms with Crippen LogP contribution in [0.3, 0.4) is 0 Å². The number of amides is 2. The van der Waals surface area contributed by atoms with Gasteiger partial charge in [0.2, 0.25) is 5.91 Å². The van der Waals surface area contributed by atoms with Crippen LogP contribution in [-0.2, 0) is 4.79 Å². The molecule has 25 heavy (non-hydrogen) atoms. The van der Waals surface area contributed by atoms with Gasteiger partial charge in [-0.1, -0.05) is 55.5 Å². The first-order valence-corrected chi connectivity index (χ1v) is 7.98. The van der Waals surface area contributed by atoms with Crippen LogP contribution in [0.25, 0.3) is 16.9 Å². The fourth-order valence-corrected chi connectivity index (χ4v) is 2.34. The van der Waals surface area contributed by atoms with E-state index >= 15 is 0 Å². The van der Waals surface area contributed by atoms with E-state index in [0.717, 1.165) is 11.3 Å². The molecule has 0 saturated heterocycles. The van der Waals surface area contributed by atoms with Gasteiger partial charge >= 0.3 is 0 Å². The van der Waals surface area contributed by atoms with Crippen molar-refractivity contribution in [1.29, 1.82) is 0 Å². The highest BCUT2D eigenvalue weighted by Crippen LogP contribution is 2.23. The lowest BCUT2D eigenvalue weighted by molar-refractivity contribution is -0.121. The third-order valence-corrected chi connectivity index (χ3v) is 3.66. The first-order valence-electron chi connectivity index (χ1n) is 7.98. The van der Waals surface area contributed by atoms with Crippen molar-refractivity contribution < 1.29 is 9.59 Å². The molecule has 1 heterocycles. The van der Waals surface area contributed by atoms with Crippen molar-refractivity contribution in [2.45, 2.75) is 13.3 Å². The molecule has 2 N–H and O–H groups in total. The normalized spacial score (nSPS) is 10.3. The van der Waals surface area contributed by atoms with Crippen molar-refractivity contribution in [2.24, 2.45) is 0 Å². The van der Waals surface area contributed by atoms with Crippen molar-refractivity contribution in [3.8, 4) is 16.9 Å². The summed E-state index contributed by atoms with van der Waals surface area (Å²) in [7, 11) is 0. The Morgan fingerprint density at radius 3 is 2.24 bits per heavy atom. The summed E-state index contributed by atoms with van der Waals surface area (Å²) in [6.45, 7) is 1.71. The van der Waals surface area contributed by atoms with E-state index in [9.17, 15) is 9.59 Å². The number of carbonyl (C=O) groups excluding carboxylic acids is 2. The second-order valence-electron chi connectivity index (χ2n) is 5.39. The van der Waals surface area contributed by atoms with Crippen LogP contribution < -0.4 is 10.9 Å². The molecule has 2 aromatic carbocycles. The third kappa shape index (κ3) is 3.74. The van der Waals surface area contributed by atoms with Gasteiger partial charge < -0.3 is 0 Å². The van der Waals surface area contributed by atoms with Gasteiger partial charge in [0.05, 0.1) is 11.3 Å². The number of nitrogens with one attached hydrogen (secondary N) is 2. The summed E-state index contributed by atoms with van der Waals surface area (Å²) in [6.07, 6.45) is 1.94. The molecule has 0 saturated carbocycles. The standard InChI is InChI=1S/C19H18N4O2/c1-2-17(24)20-21-19(25)16-13-23(15-11-7-4-8-12-15)22-18(16)14-9-5-3-6-10-14/h3-13H,2H2,1H3,(H,20,24)(H,21,25). The van der Waals surface area contributed by atoms with E-state index in [1.807, 2.05) is 60.7 Å². The molecule has 0 aliphatic carbocycles. The molecule has 0 unspecified atom stereocenters. The number of aromatic nitrogens is 2.